The molecule has 0 amide bonds. The molecule has 0 aliphatic rings. The molecule has 0 spiro atoms. The monoisotopic (exact) mass is 351 g/mol. The fourth-order valence-electron chi connectivity index (χ4n) is 2.28. The van der Waals surface area contributed by atoms with Gasteiger partial charge in [0, 0.05) is 22.1 Å². The maximum atomic E-state index is 6.27. The number of nitrogens with one attached hydrogen (secondary N) is 1. The zero-order valence-corrected chi connectivity index (χ0v) is 14.1. The standard InChI is InChI=1S/C17H19BrClN/c1-12(2)17(13-6-4-3-5-7-13)20-11-14-8-9-15(18)10-16(14)19/h3-10,12,17,20H,11H2,1-2H3. The van der Waals surface area contributed by atoms with Crippen molar-refractivity contribution in [3.05, 3.63) is 69.2 Å². The number of rotatable bonds is 5. The topological polar surface area (TPSA) is 12.0 Å². The quantitative estimate of drug-likeness (QED) is 0.739. The lowest BCUT2D eigenvalue weighted by atomic mass is 9.96. The lowest BCUT2D eigenvalue weighted by Gasteiger charge is -2.23. The predicted octanol–water partition coefficient (Wildman–Crippen LogP) is 5.59. The van der Waals surface area contributed by atoms with Crippen LogP contribution in [0.4, 0.5) is 0 Å². The average molecular weight is 353 g/mol. The summed E-state index contributed by atoms with van der Waals surface area (Å²) in [5.41, 5.74) is 2.44. The Hall–Kier alpha value is -0.830. The van der Waals surface area contributed by atoms with Crippen LogP contribution >= 0.6 is 27.5 Å². The van der Waals surface area contributed by atoms with Crippen molar-refractivity contribution in [2.24, 2.45) is 5.92 Å². The van der Waals surface area contributed by atoms with Crippen LogP contribution in [0.5, 0.6) is 0 Å². The molecule has 1 N–H and O–H groups in total. The Labute approximate surface area is 134 Å². The van der Waals surface area contributed by atoms with E-state index in [-0.39, 0.29) is 0 Å². The van der Waals surface area contributed by atoms with E-state index in [1.807, 2.05) is 18.2 Å². The molecule has 0 saturated carbocycles. The molecule has 0 bridgehead atoms. The van der Waals surface area contributed by atoms with Crippen LogP contribution in [0.25, 0.3) is 0 Å². The zero-order chi connectivity index (χ0) is 14.5. The third-order valence-corrected chi connectivity index (χ3v) is 4.20. The van der Waals surface area contributed by atoms with Gasteiger partial charge in [-0.1, -0.05) is 77.8 Å². The molecular formula is C17H19BrClN. The van der Waals surface area contributed by atoms with Gasteiger partial charge >= 0.3 is 0 Å². The fraction of sp³-hybridized carbons (Fsp3) is 0.294. The first-order valence-corrected chi connectivity index (χ1v) is 7.97. The third kappa shape index (κ3) is 4.08. The molecule has 3 heteroatoms. The molecule has 2 aromatic rings. The van der Waals surface area contributed by atoms with E-state index in [0.717, 1.165) is 21.6 Å². The Bertz CT molecular complexity index is 554. The highest BCUT2D eigenvalue weighted by molar-refractivity contribution is 9.10. The van der Waals surface area contributed by atoms with Crippen molar-refractivity contribution in [2.75, 3.05) is 0 Å². The Morgan fingerprint density at radius 2 is 1.80 bits per heavy atom. The number of hydrogen-bond acceptors (Lipinski definition) is 1. The summed E-state index contributed by atoms with van der Waals surface area (Å²) >= 11 is 9.70. The first-order valence-electron chi connectivity index (χ1n) is 6.80. The molecule has 20 heavy (non-hydrogen) atoms. The lowest BCUT2D eigenvalue weighted by molar-refractivity contribution is 0.410. The summed E-state index contributed by atoms with van der Waals surface area (Å²) in [4.78, 5) is 0. The molecular weight excluding hydrogens is 334 g/mol. The van der Waals surface area contributed by atoms with Gasteiger partial charge in [0.1, 0.15) is 0 Å². The molecule has 2 rings (SSSR count). The van der Waals surface area contributed by atoms with Crippen molar-refractivity contribution < 1.29 is 0 Å². The van der Waals surface area contributed by atoms with Crippen LogP contribution in [0.3, 0.4) is 0 Å². The number of halogens is 2. The summed E-state index contributed by atoms with van der Waals surface area (Å²) in [6.07, 6.45) is 0. The van der Waals surface area contributed by atoms with E-state index in [4.69, 9.17) is 11.6 Å². The van der Waals surface area contributed by atoms with Gasteiger partial charge < -0.3 is 5.32 Å². The average Bonchev–Trinajstić information content (AvgIpc) is 2.42. The van der Waals surface area contributed by atoms with Crippen molar-refractivity contribution in [3.8, 4) is 0 Å². The molecule has 1 unspecified atom stereocenters. The van der Waals surface area contributed by atoms with Gasteiger partial charge in [0.25, 0.3) is 0 Å². The Morgan fingerprint density at radius 1 is 1.10 bits per heavy atom. The van der Waals surface area contributed by atoms with Crippen LogP contribution in [0, 0.1) is 5.92 Å². The van der Waals surface area contributed by atoms with E-state index in [1.165, 1.54) is 5.56 Å². The Balaban J connectivity index is 2.10. The SMILES string of the molecule is CC(C)C(NCc1ccc(Br)cc1Cl)c1ccccc1. The third-order valence-electron chi connectivity index (χ3n) is 3.35. The molecule has 0 aliphatic heterocycles. The molecule has 0 saturated heterocycles. The van der Waals surface area contributed by atoms with Crippen molar-refractivity contribution in [2.45, 2.75) is 26.4 Å². The van der Waals surface area contributed by atoms with E-state index in [9.17, 15) is 0 Å². The zero-order valence-electron chi connectivity index (χ0n) is 11.7. The highest BCUT2D eigenvalue weighted by Crippen LogP contribution is 2.25. The van der Waals surface area contributed by atoms with E-state index < -0.39 is 0 Å². The minimum atomic E-state index is 0.330. The van der Waals surface area contributed by atoms with Crippen molar-refractivity contribution in [1.82, 2.24) is 5.32 Å². The second-order valence-electron chi connectivity index (χ2n) is 5.25. The first kappa shape index (κ1) is 15.6. The van der Waals surface area contributed by atoms with Gasteiger partial charge in [0.05, 0.1) is 0 Å². The molecule has 0 aliphatic carbocycles. The molecule has 0 heterocycles. The summed E-state index contributed by atoms with van der Waals surface area (Å²) in [5.74, 6) is 0.520. The molecule has 0 fully saturated rings. The highest BCUT2D eigenvalue weighted by atomic mass is 79.9. The maximum Gasteiger partial charge on any atom is 0.0462 e. The van der Waals surface area contributed by atoms with Crippen molar-refractivity contribution >= 4 is 27.5 Å². The van der Waals surface area contributed by atoms with Gasteiger partial charge in [-0.15, -0.1) is 0 Å². The number of benzene rings is 2. The second-order valence-corrected chi connectivity index (χ2v) is 6.57. The van der Waals surface area contributed by atoms with Gasteiger partial charge in [-0.25, -0.2) is 0 Å². The van der Waals surface area contributed by atoms with Crippen LogP contribution in [-0.2, 0) is 6.54 Å². The molecule has 1 atom stereocenters. The minimum Gasteiger partial charge on any atom is -0.306 e. The lowest BCUT2D eigenvalue weighted by Crippen LogP contribution is -2.25. The molecule has 0 aromatic heterocycles. The van der Waals surface area contributed by atoms with E-state index in [0.29, 0.717) is 12.0 Å². The maximum absolute atomic E-state index is 6.27. The van der Waals surface area contributed by atoms with Gasteiger partial charge in [-0.3, -0.25) is 0 Å². The second kappa shape index (κ2) is 7.26. The van der Waals surface area contributed by atoms with Crippen molar-refractivity contribution in [3.63, 3.8) is 0 Å². The van der Waals surface area contributed by atoms with E-state index in [2.05, 4.69) is 65.4 Å². The molecule has 2 aromatic carbocycles. The molecule has 106 valence electrons. The molecule has 0 radical (unpaired) electrons. The van der Waals surface area contributed by atoms with Gasteiger partial charge in [0.2, 0.25) is 0 Å². The van der Waals surface area contributed by atoms with E-state index >= 15 is 0 Å². The van der Waals surface area contributed by atoms with Crippen LogP contribution < -0.4 is 5.32 Å². The first-order chi connectivity index (χ1) is 9.58. The Kier molecular flexibility index (Phi) is 5.64. The van der Waals surface area contributed by atoms with Crippen LogP contribution in [-0.4, -0.2) is 0 Å². The summed E-state index contributed by atoms with van der Waals surface area (Å²) in [7, 11) is 0. The predicted molar refractivity (Wildman–Crippen MR) is 90.0 cm³/mol. The normalized spacial score (nSPS) is 12.7. The van der Waals surface area contributed by atoms with Gasteiger partial charge in [-0.2, -0.15) is 0 Å². The largest absolute Gasteiger partial charge is 0.306 e. The summed E-state index contributed by atoms with van der Waals surface area (Å²) in [5, 5.41) is 4.41. The smallest absolute Gasteiger partial charge is 0.0462 e. The summed E-state index contributed by atoms with van der Waals surface area (Å²) < 4.78 is 1.01. The minimum absolute atomic E-state index is 0.330. The van der Waals surface area contributed by atoms with Gasteiger partial charge in [0.15, 0.2) is 0 Å². The van der Waals surface area contributed by atoms with E-state index in [1.54, 1.807) is 0 Å². The highest BCUT2D eigenvalue weighted by Gasteiger charge is 2.15. The summed E-state index contributed by atoms with van der Waals surface area (Å²) in [6, 6.07) is 16.9. The molecule has 1 nitrogen and oxygen atoms in total. The van der Waals surface area contributed by atoms with Crippen LogP contribution in [0.1, 0.15) is 31.0 Å². The van der Waals surface area contributed by atoms with Crippen LogP contribution in [0.15, 0.2) is 53.0 Å². The summed E-state index contributed by atoms with van der Waals surface area (Å²) in [6.45, 7) is 5.23. The Morgan fingerprint density at radius 3 is 2.40 bits per heavy atom. The van der Waals surface area contributed by atoms with Gasteiger partial charge in [-0.05, 0) is 29.2 Å². The fourth-order valence-corrected chi connectivity index (χ4v) is 3.02. The number of hydrogen-bond donors (Lipinski definition) is 1. The van der Waals surface area contributed by atoms with Crippen molar-refractivity contribution in [1.29, 1.82) is 0 Å². The van der Waals surface area contributed by atoms with Crippen LogP contribution in [0.2, 0.25) is 5.02 Å².